The highest BCUT2D eigenvalue weighted by Gasteiger charge is 2.13. The van der Waals surface area contributed by atoms with Gasteiger partial charge in [0.2, 0.25) is 0 Å². The molecule has 4 nitrogen and oxygen atoms in total. The van der Waals surface area contributed by atoms with Gasteiger partial charge in [-0.25, -0.2) is 0 Å². The number of rotatable bonds is 9. The summed E-state index contributed by atoms with van der Waals surface area (Å²) in [5.41, 5.74) is 1.91. The molecule has 0 aliphatic heterocycles. The first-order valence-corrected chi connectivity index (χ1v) is 8.90. The van der Waals surface area contributed by atoms with Crippen LogP contribution in [0.3, 0.4) is 0 Å². The molecule has 0 unspecified atom stereocenters. The van der Waals surface area contributed by atoms with Gasteiger partial charge in [-0.1, -0.05) is 42.3 Å². The second kappa shape index (κ2) is 9.88. The van der Waals surface area contributed by atoms with Crippen LogP contribution in [0.2, 0.25) is 10.0 Å². The van der Waals surface area contributed by atoms with Crippen LogP contribution in [-0.4, -0.2) is 24.9 Å². The van der Waals surface area contributed by atoms with Crippen LogP contribution in [0.15, 0.2) is 36.4 Å². The smallest absolute Gasteiger partial charge is 0.180 e. The molecule has 0 aliphatic rings. The SMILES string of the molecule is CC[C@@H](CO)NCc1cc(Cl)c(OCc2cccc(Cl)c2)c(OC)c1. The van der Waals surface area contributed by atoms with Crippen molar-refractivity contribution in [2.24, 2.45) is 0 Å². The molecule has 0 aromatic heterocycles. The Morgan fingerprint density at radius 2 is 1.96 bits per heavy atom. The molecule has 0 saturated carbocycles. The van der Waals surface area contributed by atoms with E-state index in [9.17, 15) is 5.11 Å². The first-order chi connectivity index (χ1) is 12.1. The molecule has 0 radical (unpaired) electrons. The fourth-order valence-corrected chi connectivity index (χ4v) is 2.90. The van der Waals surface area contributed by atoms with Gasteiger partial charge in [0.15, 0.2) is 11.5 Å². The topological polar surface area (TPSA) is 50.7 Å². The molecule has 2 rings (SSSR count). The van der Waals surface area contributed by atoms with Crippen molar-refractivity contribution in [1.29, 1.82) is 0 Å². The molecule has 0 heterocycles. The summed E-state index contributed by atoms with van der Waals surface area (Å²) in [6.07, 6.45) is 0.849. The normalized spacial score (nSPS) is 12.0. The first kappa shape index (κ1) is 19.9. The van der Waals surface area contributed by atoms with Gasteiger partial charge in [0.1, 0.15) is 6.61 Å². The summed E-state index contributed by atoms with van der Waals surface area (Å²) in [5.74, 6) is 1.07. The predicted molar refractivity (Wildman–Crippen MR) is 102 cm³/mol. The van der Waals surface area contributed by atoms with E-state index >= 15 is 0 Å². The largest absolute Gasteiger partial charge is 0.493 e. The van der Waals surface area contributed by atoms with Crippen molar-refractivity contribution in [3.63, 3.8) is 0 Å². The summed E-state index contributed by atoms with van der Waals surface area (Å²) in [7, 11) is 1.58. The molecule has 2 aromatic rings. The maximum absolute atomic E-state index is 9.26. The summed E-state index contributed by atoms with van der Waals surface area (Å²) in [6, 6.07) is 11.3. The maximum atomic E-state index is 9.26. The minimum absolute atomic E-state index is 0.0588. The van der Waals surface area contributed by atoms with Gasteiger partial charge in [-0.15, -0.1) is 0 Å². The lowest BCUT2D eigenvalue weighted by Crippen LogP contribution is -2.31. The molecule has 0 aliphatic carbocycles. The van der Waals surface area contributed by atoms with Crippen LogP contribution < -0.4 is 14.8 Å². The van der Waals surface area contributed by atoms with Crippen LogP contribution in [0.1, 0.15) is 24.5 Å². The van der Waals surface area contributed by atoms with Crippen LogP contribution >= 0.6 is 23.2 Å². The summed E-state index contributed by atoms with van der Waals surface area (Å²) in [4.78, 5) is 0. The Kier molecular flexibility index (Phi) is 7.85. The summed E-state index contributed by atoms with van der Waals surface area (Å²) in [6.45, 7) is 3.05. The van der Waals surface area contributed by atoms with Gasteiger partial charge in [0.25, 0.3) is 0 Å². The Labute approximate surface area is 158 Å². The molecule has 25 heavy (non-hydrogen) atoms. The fraction of sp³-hybridized carbons (Fsp3) is 0.368. The third kappa shape index (κ3) is 5.79. The van der Waals surface area contributed by atoms with E-state index in [1.807, 2.05) is 43.3 Å². The predicted octanol–water partition coefficient (Wildman–Crippen LogP) is 4.44. The van der Waals surface area contributed by atoms with Crippen molar-refractivity contribution in [3.8, 4) is 11.5 Å². The number of aliphatic hydroxyl groups excluding tert-OH is 1. The molecule has 136 valence electrons. The van der Waals surface area contributed by atoms with Gasteiger partial charge in [-0.05, 0) is 41.8 Å². The van der Waals surface area contributed by atoms with Crippen molar-refractivity contribution < 1.29 is 14.6 Å². The van der Waals surface area contributed by atoms with Gasteiger partial charge in [0, 0.05) is 17.6 Å². The van der Waals surface area contributed by atoms with Crippen molar-refractivity contribution >= 4 is 23.2 Å². The van der Waals surface area contributed by atoms with E-state index in [2.05, 4.69) is 5.32 Å². The monoisotopic (exact) mass is 383 g/mol. The summed E-state index contributed by atoms with van der Waals surface area (Å²) in [5, 5.41) is 13.7. The highest BCUT2D eigenvalue weighted by molar-refractivity contribution is 6.32. The lowest BCUT2D eigenvalue weighted by molar-refractivity contribution is 0.238. The van der Waals surface area contributed by atoms with E-state index in [-0.39, 0.29) is 12.6 Å². The third-order valence-corrected chi connectivity index (χ3v) is 4.39. The quantitative estimate of drug-likeness (QED) is 0.671. The molecule has 0 fully saturated rings. The number of ether oxygens (including phenoxy) is 2. The Balaban J connectivity index is 2.10. The van der Waals surface area contributed by atoms with Gasteiger partial charge in [-0.3, -0.25) is 0 Å². The minimum atomic E-state index is 0.0588. The molecule has 2 N–H and O–H groups in total. The highest BCUT2D eigenvalue weighted by atomic mass is 35.5. The number of halogens is 2. The van der Waals surface area contributed by atoms with E-state index < -0.39 is 0 Å². The Morgan fingerprint density at radius 3 is 2.60 bits per heavy atom. The standard InChI is InChI=1S/C19H23Cl2NO3/c1-3-16(11-23)22-10-14-8-17(21)19(18(9-14)24-2)25-12-13-5-4-6-15(20)7-13/h4-9,16,22-23H,3,10-12H2,1-2H3/t16-/m0/s1. The second-order valence-corrected chi connectivity index (χ2v) is 6.54. The maximum Gasteiger partial charge on any atom is 0.180 e. The summed E-state index contributed by atoms with van der Waals surface area (Å²) >= 11 is 12.4. The molecule has 6 heteroatoms. The highest BCUT2D eigenvalue weighted by Crippen LogP contribution is 2.37. The molecule has 2 aromatic carbocycles. The number of benzene rings is 2. The van der Waals surface area contributed by atoms with Crippen LogP contribution in [0.5, 0.6) is 11.5 Å². The Bertz CT molecular complexity index is 690. The number of hydrogen-bond acceptors (Lipinski definition) is 4. The zero-order chi connectivity index (χ0) is 18.2. The number of methoxy groups -OCH3 is 1. The van der Waals surface area contributed by atoms with Crippen molar-refractivity contribution in [1.82, 2.24) is 5.32 Å². The van der Waals surface area contributed by atoms with E-state index in [0.29, 0.717) is 34.7 Å². The van der Waals surface area contributed by atoms with Crippen molar-refractivity contribution in [2.45, 2.75) is 32.5 Å². The van der Waals surface area contributed by atoms with Crippen LogP contribution in [-0.2, 0) is 13.2 Å². The Morgan fingerprint density at radius 1 is 1.16 bits per heavy atom. The number of hydrogen-bond donors (Lipinski definition) is 2. The van der Waals surface area contributed by atoms with E-state index in [0.717, 1.165) is 17.5 Å². The van der Waals surface area contributed by atoms with E-state index in [1.165, 1.54) is 0 Å². The van der Waals surface area contributed by atoms with Crippen LogP contribution in [0.4, 0.5) is 0 Å². The molecule has 0 saturated heterocycles. The van der Waals surface area contributed by atoms with Crippen LogP contribution in [0.25, 0.3) is 0 Å². The number of nitrogens with one attached hydrogen (secondary N) is 1. The molecular weight excluding hydrogens is 361 g/mol. The molecule has 0 spiro atoms. The Hall–Kier alpha value is -1.46. The lowest BCUT2D eigenvalue weighted by atomic mass is 10.1. The van der Waals surface area contributed by atoms with Gasteiger partial charge >= 0.3 is 0 Å². The molecular formula is C19H23Cl2NO3. The average molecular weight is 384 g/mol. The van der Waals surface area contributed by atoms with Gasteiger partial charge in [0.05, 0.1) is 18.7 Å². The zero-order valence-corrected chi connectivity index (χ0v) is 15.9. The van der Waals surface area contributed by atoms with Crippen molar-refractivity contribution in [2.75, 3.05) is 13.7 Å². The average Bonchev–Trinajstić information content (AvgIpc) is 2.61. The lowest BCUT2D eigenvalue weighted by Gasteiger charge is -2.17. The zero-order valence-electron chi connectivity index (χ0n) is 14.4. The van der Waals surface area contributed by atoms with Gasteiger partial charge in [-0.2, -0.15) is 0 Å². The van der Waals surface area contributed by atoms with Crippen molar-refractivity contribution in [3.05, 3.63) is 57.6 Å². The molecule has 0 amide bonds. The molecule has 0 bridgehead atoms. The van der Waals surface area contributed by atoms with Crippen LogP contribution in [0, 0.1) is 0 Å². The van der Waals surface area contributed by atoms with E-state index in [1.54, 1.807) is 7.11 Å². The number of aliphatic hydroxyl groups is 1. The van der Waals surface area contributed by atoms with E-state index in [4.69, 9.17) is 32.7 Å². The second-order valence-electron chi connectivity index (χ2n) is 5.70. The van der Waals surface area contributed by atoms with Gasteiger partial charge < -0.3 is 19.9 Å². The minimum Gasteiger partial charge on any atom is -0.493 e. The molecule has 1 atom stereocenters. The summed E-state index contributed by atoms with van der Waals surface area (Å²) < 4.78 is 11.3. The third-order valence-electron chi connectivity index (χ3n) is 3.87. The fourth-order valence-electron chi connectivity index (χ4n) is 2.40. The first-order valence-electron chi connectivity index (χ1n) is 8.15.